The molecule has 0 aliphatic heterocycles. The van der Waals surface area contributed by atoms with Crippen molar-refractivity contribution in [2.24, 2.45) is 0 Å². The summed E-state index contributed by atoms with van der Waals surface area (Å²) < 4.78 is 0. The molecule has 98 valence electrons. The van der Waals surface area contributed by atoms with Crippen molar-refractivity contribution in [3.8, 4) is 11.1 Å². The summed E-state index contributed by atoms with van der Waals surface area (Å²) in [5, 5.41) is 0.742. The van der Waals surface area contributed by atoms with Crippen molar-refractivity contribution < 1.29 is 4.79 Å². The van der Waals surface area contributed by atoms with Gasteiger partial charge in [0.15, 0.2) is 0 Å². The van der Waals surface area contributed by atoms with Gasteiger partial charge in [0.1, 0.15) is 5.78 Å². The molecule has 0 atom stereocenters. The molecule has 0 saturated heterocycles. The van der Waals surface area contributed by atoms with Gasteiger partial charge in [0.25, 0.3) is 0 Å². The topological polar surface area (TPSA) is 17.1 Å². The highest BCUT2D eigenvalue weighted by Gasteiger charge is 2.08. The number of halogens is 1. The van der Waals surface area contributed by atoms with E-state index >= 15 is 0 Å². The normalized spacial score (nSPS) is 10.5. The number of carbonyl (C=O) groups excluding carboxylic acids is 1. The molecule has 0 bridgehead atoms. The first-order valence-electron chi connectivity index (χ1n) is 6.33. The summed E-state index contributed by atoms with van der Waals surface area (Å²) in [7, 11) is 0. The van der Waals surface area contributed by atoms with Gasteiger partial charge in [0.05, 0.1) is 0 Å². The van der Waals surface area contributed by atoms with E-state index in [0.717, 1.165) is 21.7 Å². The van der Waals surface area contributed by atoms with Gasteiger partial charge in [-0.05, 0) is 60.7 Å². The van der Waals surface area contributed by atoms with E-state index in [0.29, 0.717) is 6.42 Å². The van der Waals surface area contributed by atoms with Crippen LogP contribution in [0.1, 0.15) is 23.6 Å². The van der Waals surface area contributed by atoms with Crippen LogP contribution >= 0.6 is 11.6 Å². The molecule has 0 heterocycles. The number of ketones is 1. The largest absolute Gasteiger partial charge is 0.300 e. The Kier molecular flexibility index (Phi) is 4.06. The zero-order valence-electron chi connectivity index (χ0n) is 11.5. The Balaban J connectivity index is 2.45. The molecule has 0 aromatic heterocycles. The molecule has 0 aliphatic carbocycles. The fourth-order valence-corrected chi connectivity index (χ4v) is 2.40. The molecule has 19 heavy (non-hydrogen) atoms. The van der Waals surface area contributed by atoms with E-state index in [2.05, 4.69) is 26.0 Å². The Morgan fingerprint density at radius 1 is 1.05 bits per heavy atom. The second-order valence-corrected chi connectivity index (χ2v) is 5.42. The van der Waals surface area contributed by atoms with E-state index in [1.165, 1.54) is 11.1 Å². The van der Waals surface area contributed by atoms with Crippen molar-refractivity contribution in [3.05, 3.63) is 58.1 Å². The van der Waals surface area contributed by atoms with Crippen LogP contribution < -0.4 is 0 Å². The van der Waals surface area contributed by atoms with Gasteiger partial charge in [-0.3, -0.25) is 4.79 Å². The minimum atomic E-state index is 0.196. The summed E-state index contributed by atoms with van der Waals surface area (Å²) >= 11 is 5.92. The van der Waals surface area contributed by atoms with Crippen LogP contribution in [-0.4, -0.2) is 5.78 Å². The lowest BCUT2D eigenvalue weighted by Gasteiger charge is -2.12. The molecule has 2 heteroatoms. The molecule has 0 N–H and O–H groups in total. The van der Waals surface area contributed by atoms with Crippen LogP contribution in [0.3, 0.4) is 0 Å². The summed E-state index contributed by atoms with van der Waals surface area (Å²) in [5.74, 6) is 0.196. The third-order valence-corrected chi connectivity index (χ3v) is 3.53. The van der Waals surface area contributed by atoms with E-state index in [9.17, 15) is 4.79 Å². The first kappa shape index (κ1) is 13.8. The van der Waals surface area contributed by atoms with Gasteiger partial charge < -0.3 is 0 Å². The van der Waals surface area contributed by atoms with E-state index < -0.39 is 0 Å². The second kappa shape index (κ2) is 5.58. The number of hydrogen-bond acceptors (Lipinski definition) is 1. The highest BCUT2D eigenvalue weighted by atomic mass is 35.5. The Labute approximate surface area is 119 Å². The molecule has 0 aliphatic rings. The molecule has 0 amide bonds. The third kappa shape index (κ3) is 3.24. The number of Topliss-reactive ketones (excluding diaryl/α,β-unsaturated/α-hetero) is 1. The molecule has 0 fully saturated rings. The number of hydrogen-bond donors (Lipinski definition) is 0. The van der Waals surface area contributed by atoms with Crippen LogP contribution in [0.4, 0.5) is 0 Å². The lowest BCUT2D eigenvalue weighted by atomic mass is 9.93. The van der Waals surface area contributed by atoms with Gasteiger partial charge >= 0.3 is 0 Å². The van der Waals surface area contributed by atoms with Gasteiger partial charge in [0.2, 0.25) is 0 Å². The summed E-state index contributed by atoms with van der Waals surface area (Å²) in [6.45, 7) is 5.76. The maximum atomic E-state index is 11.3. The van der Waals surface area contributed by atoms with Gasteiger partial charge in [-0.2, -0.15) is 0 Å². The van der Waals surface area contributed by atoms with Crippen LogP contribution in [0.5, 0.6) is 0 Å². The molecule has 0 saturated carbocycles. The van der Waals surface area contributed by atoms with Crippen molar-refractivity contribution >= 4 is 17.4 Å². The molecule has 2 aromatic carbocycles. The van der Waals surface area contributed by atoms with Crippen LogP contribution in [0.2, 0.25) is 5.02 Å². The molecule has 0 unspecified atom stereocenters. The maximum absolute atomic E-state index is 11.3. The first-order chi connectivity index (χ1) is 8.97. The fourth-order valence-electron chi connectivity index (χ4n) is 2.28. The predicted molar refractivity (Wildman–Crippen MR) is 80.7 cm³/mol. The van der Waals surface area contributed by atoms with Crippen LogP contribution in [0.15, 0.2) is 36.4 Å². The third-order valence-electron chi connectivity index (χ3n) is 3.28. The quantitative estimate of drug-likeness (QED) is 0.788. The Morgan fingerprint density at radius 3 is 2.26 bits per heavy atom. The lowest BCUT2D eigenvalue weighted by Crippen LogP contribution is -2.00. The molecule has 0 radical (unpaired) electrons. The Bertz CT molecular complexity index is 612. The smallest absolute Gasteiger partial charge is 0.134 e. The average Bonchev–Trinajstić information content (AvgIpc) is 2.34. The summed E-state index contributed by atoms with van der Waals surface area (Å²) in [6, 6.07) is 12.1. The van der Waals surface area contributed by atoms with Crippen LogP contribution in [0, 0.1) is 13.8 Å². The lowest BCUT2D eigenvalue weighted by molar-refractivity contribution is -0.116. The highest BCUT2D eigenvalue weighted by molar-refractivity contribution is 6.30. The van der Waals surface area contributed by atoms with Crippen molar-refractivity contribution in [2.45, 2.75) is 27.2 Å². The minimum Gasteiger partial charge on any atom is -0.300 e. The maximum Gasteiger partial charge on any atom is 0.134 e. The van der Waals surface area contributed by atoms with E-state index in [4.69, 9.17) is 11.6 Å². The minimum absolute atomic E-state index is 0.196. The number of benzene rings is 2. The van der Waals surface area contributed by atoms with E-state index in [-0.39, 0.29) is 5.78 Å². The van der Waals surface area contributed by atoms with Crippen LogP contribution in [-0.2, 0) is 11.2 Å². The standard InChI is InChI=1S/C17H17ClO/c1-11-9-17(14-4-6-16(18)7-5-14)12(2)8-15(11)10-13(3)19/h4-9H,10H2,1-3H3. The molecule has 2 aromatic rings. The van der Waals surface area contributed by atoms with Crippen molar-refractivity contribution in [2.75, 3.05) is 0 Å². The zero-order chi connectivity index (χ0) is 14.0. The van der Waals surface area contributed by atoms with Crippen molar-refractivity contribution in [1.29, 1.82) is 0 Å². The van der Waals surface area contributed by atoms with E-state index in [1.54, 1.807) is 6.92 Å². The van der Waals surface area contributed by atoms with Crippen molar-refractivity contribution in [3.63, 3.8) is 0 Å². The summed E-state index contributed by atoms with van der Waals surface area (Å²) in [5.41, 5.74) is 5.80. The molecule has 1 nitrogen and oxygen atoms in total. The summed E-state index contributed by atoms with van der Waals surface area (Å²) in [6.07, 6.45) is 0.508. The molecular weight excluding hydrogens is 256 g/mol. The molecular formula is C17H17ClO. The first-order valence-corrected chi connectivity index (χ1v) is 6.70. The monoisotopic (exact) mass is 272 g/mol. The Hall–Kier alpha value is -1.60. The fraction of sp³-hybridized carbons (Fsp3) is 0.235. The van der Waals surface area contributed by atoms with Gasteiger partial charge in [0, 0.05) is 11.4 Å². The SMILES string of the molecule is CC(=O)Cc1cc(C)c(-c2ccc(Cl)cc2)cc1C. The molecule has 0 spiro atoms. The van der Waals surface area contributed by atoms with Gasteiger partial charge in [-0.25, -0.2) is 0 Å². The average molecular weight is 273 g/mol. The van der Waals surface area contributed by atoms with Crippen molar-refractivity contribution in [1.82, 2.24) is 0 Å². The predicted octanol–water partition coefficient (Wildman–Crippen LogP) is 4.76. The zero-order valence-corrected chi connectivity index (χ0v) is 12.2. The molecule has 2 rings (SSSR count). The number of rotatable bonds is 3. The van der Waals surface area contributed by atoms with E-state index in [1.807, 2.05) is 24.3 Å². The summed E-state index contributed by atoms with van der Waals surface area (Å²) in [4.78, 5) is 11.3. The highest BCUT2D eigenvalue weighted by Crippen LogP contribution is 2.28. The Morgan fingerprint density at radius 2 is 1.68 bits per heavy atom. The van der Waals surface area contributed by atoms with Crippen LogP contribution in [0.25, 0.3) is 11.1 Å². The number of carbonyl (C=O) groups is 1. The second-order valence-electron chi connectivity index (χ2n) is 4.98. The number of aryl methyl sites for hydroxylation is 2. The van der Waals surface area contributed by atoms with Gasteiger partial charge in [-0.15, -0.1) is 0 Å². The van der Waals surface area contributed by atoms with Gasteiger partial charge in [-0.1, -0.05) is 35.9 Å².